The van der Waals surface area contributed by atoms with Crippen molar-refractivity contribution in [1.82, 2.24) is 15.1 Å². The molecular weight excluding hydrogens is 296 g/mol. The Labute approximate surface area is 135 Å². The Bertz CT molecular complexity index is 576. The summed E-state index contributed by atoms with van der Waals surface area (Å²) in [5, 5.41) is 2.71. The van der Waals surface area contributed by atoms with E-state index >= 15 is 0 Å². The topological polar surface area (TPSA) is 95.7 Å². The molecule has 0 spiro atoms. The van der Waals surface area contributed by atoms with Crippen molar-refractivity contribution < 1.29 is 14.4 Å². The van der Waals surface area contributed by atoms with E-state index in [-0.39, 0.29) is 25.0 Å². The van der Waals surface area contributed by atoms with Crippen molar-refractivity contribution in [2.75, 3.05) is 32.7 Å². The monoisotopic (exact) mass is 318 g/mol. The molecular formula is C16H22N4O3. The molecule has 1 aliphatic rings. The van der Waals surface area contributed by atoms with Gasteiger partial charge in [-0.3, -0.25) is 14.4 Å². The number of amides is 3. The average Bonchev–Trinajstić information content (AvgIpc) is 2.58. The molecule has 0 bridgehead atoms. The van der Waals surface area contributed by atoms with Crippen LogP contribution in [0.4, 0.5) is 0 Å². The third-order valence-electron chi connectivity index (χ3n) is 3.86. The normalized spacial score (nSPS) is 16.4. The molecule has 0 radical (unpaired) electrons. The summed E-state index contributed by atoms with van der Waals surface area (Å²) in [5.41, 5.74) is 6.93. The smallest absolute Gasteiger partial charge is 0.312 e. The van der Waals surface area contributed by atoms with Crippen LogP contribution in [-0.4, -0.2) is 60.2 Å². The number of hydrogen-bond donors (Lipinski definition) is 2. The fourth-order valence-corrected chi connectivity index (χ4v) is 2.44. The molecule has 23 heavy (non-hydrogen) atoms. The molecule has 1 heterocycles. The number of hydrogen-bond acceptors (Lipinski definition) is 4. The Hall–Kier alpha value is -2.41. The van der Waals surface area contributed by atoms with E-state index in [2.05, 4.69) is 5.32 Å². The van der Waals surface area contributed by atoms with E-state index in [0.29, 0.717) is 19.6 Å². The third kappa shape index (κ3) is 4.29. The van der Waals surface area contributed by atoms with Crippen LogP contribution in [0.1, 0.15) is 18.5 Å². The predicted molar refractivity (Wildman–Crippen MR) is 85.2 cm³/mol. The van der Waals surface area contributed by atoms with Crippen LogP contribution in [0.15, 0.2) is 30.3 Å². The van der Waals surface area contributed by atoms with Crippen molar-refractivity contribution >= 4 is 17.7 Å². The van der Waals surface area contributed by atoms with Crippen molar-refractivity contribution in [1.29, 1.82) is 0 Å². The number of nitrogens with one attached hydrogen (secondary N) is 1. The molecule has 0 aliphatic carbocycles. The molecule has 7 nitrogen and oxygen atoms in total. The zero-order chi connectivity index (χ0) is 16.8. The fourth-order valence-electron chi connectivity index (χ4n) is 2.44. The summed E-state index contributed by atoms with van der Waals surface area (Å²) in [6, 6.07) is 9.14. The first-order valence-electron chi connectivity index (χ1n) is 7.68. The highest BCUT2D eigenvalue weighted by molar-refractivity contribution is 6.35. The molecule has 0 aromatic heterocycles. The van der Waals surface area contributed by atoms with Gasteiger partial charge in [0, 0.05) is 32.2 Å². The van der Waals surface area contributed by atoms with Crippen LogP contribution in [0, 0.1) is 0 Å². The van der Waals surface area contributed by atoms with E-state index in [1.165, 1.54) is 9.80 Å². The van der Waals surface area contributed by atoms with Gasteiger partial charge in [0.25, 0.3) is 0 Å². The largest absolute Gasteiger partial charge is 0.353 e. The van der Waals surface area contributed by atoms with Crippen molar-refractivity contribution in [2.45, 2.75) is 13.0 Å². The highest BCUT2D eigenvalue weighted by atomic mass is 16.2. The van der Waals surface area contributed by atoms with E-state index in [0.717, 1.165) is 5.56 Å². The van der Waals surface area contributed by atoms with Gasteiger partial charge >= 0.3 is 11.8 Å². The quantitative estimate of drug-likeness (QED) is 0.691. The first-order chi connectivity index (χ1) is 11.0. The second kappa shape index (κ2) is 7.73. The first kappa shape index (κ1) is 17.0. The van der Waals surface area contributed by atoms with Gasteiger partial charge in [-0.25, -0.2) is 0 Å². The Balaban J connectivity index is 1.81. The maximum atomic E-state index is 12.0. The number of nitrogens with zero attached hydrogens (tertiary/aromatic N) is 2. The Morgan fingerprint density at radius 2 is 1.78 bits per heavy atom. The summed E-state index contributed by atoms with van der Waals surface area (Å²) in [4.78, 5) is 38.4. The molecule has 1 aromatic rings. The van der Waals surface area contributed by atoms with E-state index in [1.54, 1.807) is 0 Å². The minimum atomic E-state index is -0.624. The molecule has 1 unspecified atom stereocenters. The summed E-state index contributed by atoms with van der Waals surface area (Å²) in [6.07, 6.45) is 0. The lowest BCUT2D eigenvalue weighted by atomic mass is 10.1. The van der Waals surface area contributed by atoms with Crippen LogP contribution in [0.2, 0.25) is 0 Å². The summed E-state index contributed by atoms with van der Waals surface area (Å²) >= 11 is 0. The SMILES string of the molecule is CCN1CCN(CC(=O)NCC(N)c2ccccc2)C(=O)C1=O. The Kier molecular flexibility index (Phi) is 5.70. The molecule has 3 amide bonds. The summed E-state index contributed by atoms with van der Waals surface area (Å²) in [6.45, 7) is 3.30. The number of carbonyl (C=O) groups is 3. The van der Waals surface area contributed by atoms with Gasteiger partial charge in [-0.15, -0.1) is 0 Å². The summed E-state index contributed by atoms with van der Waals surface area (Å²) < 4.78 is 0. The maximum absolute atomic E-state index is 12.0. The van der Waals surface area contributed by atoms with E-state index in [4.69, 9.17) is 5.73 Å². The second-order valence-electron chi connectivity index (χ2n) is 5.43. The molecule has 124 valence electrons. The minimum Gasteiger partial charge on any atom is -0.353 e. The predicted octanol–water partition coefficient (Wildman–Crippen LogP) is -0.507. The lowest BCUT2D eigenvalue weighted by molar-refractivity contribution is -0.156. The molecule has 1 fully saturated rings. The lowest BCUT2D eigenvalue weighted by Gasteiger charge is -2.32. The molecule has 7 heteroatoms. The van der Waals surface area contributed by atoms with Crippen LogP contribution < -0.4 is 11.1 Å². The van der Waals surface area contributed by atoms with Gasteiger partial charge in [0.1, 0.15) is 6.54 Å². The van der Waals surface area contributed by atoms with Gasteiger partial charge in [-0.1, -0.05) is 30.3 Å². The van der Waals surface area contributed by atoms with E-state index in [9.17, 15) is 14.4 Å². The van der Waals surface area contributed by atoms with Crippen LogP contribution in [-0.2, 0) is 14.4 Å². The van der Waals surface area contributed by atoms with E-state index < -0.39 is 11.8 Å². The van der Waals surface area contributed by atoms with Crippen molar-refractivity contribution in [3.63, 3.8) is 0 Å². The zero-order valence-corrected chi connectivity index (χ0v) is 13.2. The zero-order valence-electron chi connectivity index (χ0n) is 13.2. The number of piperazine rings is 1. The maximum Gasteiger partial charge on any atom is 0.312 e. The minimum absolute atomic E-state index is 0.121. The number of benzene rings is 1. The third-order valence-corrected chi connectivity index (χ3v) is 3.86. The summed E-state index contributed by atoms with van der Waals surface area (Å²) in [7, 11) is 0. The van der Waals surface area contributed by atoms with Gasteiger partial charge in [-0.05, 0) is 12.5 Å². The van der Waals surface area contributed by atoms with Crippen LogP contribution in [0.25, 0.3) is 0 Å². The van der Waals surface area contributed by atoms with Gasteiger partial charge < -0.3 is 20.9 Å². The first-order valence-corrected chi connectivity index (χ1v) is 7.68. The van der Waals surface area contributed by atoms with Gasteiger partial charge in [0.2, 0.25) is 5.91 Å². The van der Waals surface area contributed by atoms with Crippen molar-refractivity contribution in [2.24, 2.45) is 5.73 Å². The Morgan fingerprint density at radius 3 is 2.43 bits per heavy atom. The van der Waals surface area contributed by atoms with Gasteiger partial charge in [0.15, 0.2) is 0 Å². The van der Waals surface area contributed by atoms with Crippen molar-refractivity contribution in [3.05, 3.63) is 35.9 Å². The Morgan fingerprint density at radius 1 is 1.17 bits per heavy atom. The van der Waals surface area contributed by atoms with Crippen LogP contribution in [0.5, 0.6) is 0 Å². The number of carbonyl (C=O) groups excluding carboxylic acids is 3. The van der Waals surface area contributed by atoms with Gasteiger partial charge in [0.05, 0.1) is 0 Å². The number of nitrogens with two attached hydrogens (primary N) is 1. The second-order valence-corrected chi connectivity index (χ2v) is 5.43. The molecule has 1 aromatic carbocycles. The average molecular weight is 318 g/mol. The lowest BCUT2D eigenvalue weighted by Crippen LogP contribution is -2.56. The number of likely N-dealkylation sites (N-methyl/N-ethyl adjacent to an activating group) is 1. The van der Waals surface area contributed by atoms with E-state index in [1.807, 2.05) is 37.3 Å². The standard InChI is InChI=1S/C16H22N4O3/c1-2-19-8-9-20(16(23)15(19)22)11-14(21)18-10-13(17)12-6-4-3-5-7-12/h3-7,13H,2,8-11,17H2,1H3,(H,18,21). The van der Waals surface area contributed by atoms with Crippen LogP contribution in [0.3, 0.4) is 0 Å². The van der Waals surface area contributed by atoms with Gasteiger partial charge in [-0.2, -0.15) is 0 Å². The molecule has 1 atom stereocenters. The summed E-state index contributed by atoms with van der Waals surface area (Å²) in [5.74, 6) is -1.49. The molecule has 0 saturated carbocycles. The molecule has 2 rings (SSSR count). The van der Waals surface area contributed by atoms with Crippen LogP contribution >= 0.6 is 0 Å². The van der Waals surface area contributed by atoms with Crippen molar-refractivity contribution in [3.8, 4) is 0 Å². The molecule has 1 aliphatic heterocycles. The highest BCUT2D eigenvalue weighted by Gasteiger charge is 2.32. The molecule has 3 N–H and O–H groups in total. The molecule has 1 saturated heterocycles. The highest BCUT2D eigenvalue weighted by Crippen LogP contribution is 2.08. The fraction of sp³-hybridized carbons (Fsp3) is 0.438. The number of rotatable bonds is 6.